The Balaban J connectivity index is 0.00000157. The molecule has 25 heavy (non-hydrogen) atoms. The van der Waals surface area contributed by atoms with Gasteiger partial charge in [-0.2, -0.15) is 0 Å². The second-order valence-electron chi connectivity index (χ2n) is 8.22. The first-order valence-corrected chi connectivity index (χ1v) is 10.3. The standard InChI is InChI=1S/C22H30N2.ClH/c1-3-8-16(9-4-1)20-22-19(13-14-23-20)18-12-7-11-17-10-5-2-6-15-24(22)21(17)18;/h7,11-12,16,20,23H,1-6,8-10,13-15H2;1H. The smallest absolute Gasteiger partial charge is 0.0518 e. The van der Waals surface area contributed by atoms with E-state index in [1.165, 1.54) is 70.8 Å². The number of fused-ring (bicyclic) bond motifs is 3. The molecule has 3 heterocycles. The molecular weight excluding hydrogens is 328 g/mol. The minimum atomic E-state index is 0. The van der Waals surface area contributed by atoms with Crippen LogP contribution in [0.5, 0.6) is 0 Å². The van der Waals surface area contributed by atoms with Gasteiger partial charge in [0.05, 0.1) is 11.6 Å². The molecule has 2 nitrogen and oxygen atoms in total. The normalized spacial score (nSPS) is 24.2. The molecule has 3 aliphatic rings. The maximum absolute atomic E-state index is 3.94. The third kappa shape index (κ3) is 2.92. The SMILES string of the molecule is Cl.c1cc2c3c(c1)c1c(n3CCCCC2)C(C2CCCCC2)NCC1. The number of aromatic nitrogens is 1. The van der Waals surface area contributed by atoms with E-state index in [0.29, 0.717) is 6.04 Å². The highest BCUT2D eigenvalue weighted by Crippen LogP contribution is 2.42. The van der Waals surface area contributed by atoms with Crippen LogP contribution in [0.1, 0.15) is 74.2 Å². The maximum atomic E-state index is 3.94. The summed E-state index contributed by atoms with van der Waals surface area (Å²) in [5.74, 6) is 0.854. The first kappa shape index (κ1) is 17.4. The van der Waals surface area contributed by atoms with Gasteiger partial charge in [-0.15, -0.1) is 12.4 Å². The van der Waals surface area contributed by atoms with E-state index >= 15 is 0 Å². The van der Waals surface area contributed by atoms with Crippen LogP contribution < -0.4 is 5.32 Å². The van der Waals surface area contributed by atoms with Gasteiger partial charge in [0.2, 0.25) is 0 Å². The summed E-state index contributed by atoms with van der Waals surface area (Å²) in [7, 11) is 0. The zero-order valence-electron chi connectivity index (χ0n) is 15.2. The third-order valence-corrected chi connectivity index (χ3v) is 6.80. The average Bonchev–Trinajstić information content (AvgIpc) is 2.94. The largest absolute Gasteiger partial charge is 0.343 e. The first-order valence-electron chi connectivity index (χ1n) is 10.3. The van der Waals surface area contributed by atoms with Crippen molar-refractivity contribution in [1.82, 2.24) is 9.88 Å². The average molecular weight is 359 g/mol. The fourth-order valence-corrected chi connectivity index (χ4v) is 5.70. The van der Waals surface area contributed by atoms with Gasteiger partial charge in [-0.05, 0) is 62.1 Å². The van der Waals surface area contributed by atoms with Gasteiger partial charge >= 0.3 is 0 Å². The number of aryl methyl sites for hydroxylation is 2. The molecule has 3 heteroatoms. The molecular formula is C22H31ClN2. The van der Waals surface area contributed by atoms with Crippen molar-refractivity contribution in [1.29, 1.82) is 0 Å². The molecule has 1 aliphatic carbocycles. The van der Waals surface area contributed by atoms with Gasteiger partial charge in [0.15, 0.2) is 0 Å². The second kappa shape index (κ2) is 7.32. The Labute approximate surface area is 157 Å². The van der Waals surface area contributed by atoms with Crippen LogP contribution in [-0.2, 0) is 19.4 Å². The maximum Gasteiger partial charge on any atom is 0.0518 e. The van der Waals surface area contributed by atoms with Gasteiger partial charge in [0.1, 0.15) is 0 Å². The predicted octanol–water partition coefficient (Wildman–Crippen LogP) is 5.56. The summed E-state index contributed by atoms with van der Waals surface area (Å²) >= 11 is 0. The van der Waals surface area contributed by atoms with Crippen LogP contribution in [0.3, 0.4) is 0 Å². The summed E-state index contributed by atoms with van der Waals surface area (Å²) in [6.07, 6.45) is 13.7. The Kier molecular flexibility index (Phi) is 5.11. The number of benzene rings is 1. The van der Waals surface area contributed by atoms with Crippen molar-refractivity contribution in [3.63, 3.8) is 0 Å². The highest BCUT2D eigenvalue weighted by molar-refractivity contribution is 5.89. The molecule has 2 aliphatic heterocycles. The van der Waals surface area contributed by atoms with E-state index < -0.39 is 0 Å². The fraction of sp³-hybridized carbons (Fsp3) is 0.636. The Hall–Kier alpha value is -0.990. The minimum absolute atomic E-state index is 0. The molecule has 1 atom stereocenters. The zero-order valence-corrected chi connectivity index (χ0v) is 16.0. The number of para-hydroxylation sites is 1. The summed E-state index contributed by atoms with van der Waals surface area (Å²) < 4.78 is 2.75. The molecule has 0 saturated heterocycles. The highest BCUT2D eigenvalue weighted by atomic mass is 35.5. The molecule has 1 aromatic carbocycles. The van der Waals surface area contributed by atoms with Crippen LogP contribution in [0.2, 0.25) is 0 Å². The summed E-state index contributed by atoms with van der Waals surface area (Å²) in [5, 5.41) is 5.52. The molecule has 0 radical (unpaired) electrons. The summed E-state index contributed by atoms with van der Waals surface area (Å²) in [6.45, 7) is 2.39. The van der Waals surface area contributed by atoms with Gasteiger partial charge in [0, 0.05) is 17.6 Å². The topological polar surface area (TPSA) is 17.0 Å². The summed E-state index contributed by atoms with van der Waals surface area (Å²) in [4.78, 5) is 0. The Morgan fingerprint density at radius 1 is 0.920 bits per heavy atom. The number of hydrogen-bond acceptors (Lipinski definition) is 1. The molecule has 5 rings (SSSR count). The van der Waals surface area contributed by atoms with Crippen LogP contribution in [-0.4, -0.2) is 11.1 Å². The van der Waals surface area contributed by atoms with E-state index in [0.717, 1.165) is 12.5 Å². The number of hydrogen-bond donors (Lipinski definition) is 1. The molecule has 1 aromatic heterocycles. The first-order chi connectivity index (χ1) is 11.9. The molecule has 1 unspecified atom stereocenters. The molecule has 2 aromatic rings. The van der Waals surface area contributed by atoms with E-state index in [1.54, 1.807) is 27.7 Å². The molecule has 0 amide bonds. The lowest BCUT2D eigenvalue weighted by molar-refractivity contribution is 0.255. The quantitative estimate of drug-likeness (QED) is 0.706. The van der Waals surface area contributed by atoms with Crippen molar-refractivity contribution in [2.45, 2.75) is 76.8 Å². The van der Waals surface area contributed by atoms with Crippen molar-refractivity contribution in [3.05, 3.63) is 35.0 Å². The lowest BCUT2D eigenvalue weighted by Gasteiger charge is -2.35. The number of nitrogens with zero attached hydrogens (tertiary/aromatic N) is 1. The Morgan fingerprint density at radius 3 is 2.64 bits per heavy atom. The van der Waals surface area contributed by atoms with Crippen LogP contribution in [0.15, 0.2) is 18.2 Å². The van der Waals surface area contributed by atoms with E-state index in [1.807, 2.05) is 0 Å². The predicted molar refractivity (Wildman–Crippen MR) is 108 cm³/mol. The summed E-state index contributed by atoms with van der Waals surface area (Å²) in [5.41, 5.74) is 6.55. The second-order valence-corrected chi connectivity index (χ2v) is 8.22. The van der Waals surface area contributed by atoms with Crippen LogP contribution in [0.25, 0.3) is 10.9 Å². The Bertz CT molecular complexity index is 742. The zero-order chi connectivity index (χ0) is 15.9. The van der Waals surface area contributed by atoms with E-state index in [4.69, 9.17) is 0 Å². The van der Waals surface area contributed by atoms with Gasteiger partial charge in [-0.25, -0.2) is 0 Å². The number of rotatable bonds is 1. The van der Waals surface area contributed by atoms with Crippen molar-refractivity contribution in [2.75, 3.05) is 6.54 Å². The van der Waals surface area contributed by atoms with Gasteiger partial charge in [-0.3, -0.25) is 0 Å². The van der Waals surface area contributed by atoms with Crippen LogP contribution in [0, 0.1) is 5.92 Å². The van der Waals surface area contributed by atoms with E-state index in [9.17, 15) is 0 Å². The van der Waals surface area contributed by atoms with Gasteiger partial charge in [-0.1, -0.05) is 43.9 Å². The molecule has 1 saturated carbocycles. The van der Waals surface area contributed by atoms with Gasteiger partial charge < -0.3 is 9.88 Å². The number of nitrogens with one attached hydrogen (secondary N) is 1. The molecule has 1 N–H and O–H groups in total. The van der Waals surface area contributed by atoms with Crippen molar-refractivity contribution >= 4 is 23.3 Å². The molecule has 1 fully saturated rings. The lowest BCUT2D eigenvalue weighted by atomic mass is 9.80. The van der Waals surface area contributed by atoms with Crippen molar-refractivity contribution < 1.29 is 0 Å². The number of halogens is 1. The van der Waals surface area contributed by atoms with Crippen LogP contribution >= 0.6 is 12.4 Å². The van der Waals surface area contributed by atoms with Gasteiger partial charge in [0.25, 0.3) is 0 Å². The fourth-order valence-electron chi connectivity index (χ4n) is 5.70. The summed E-state index contributed by atoms with van der Waals surface area (Å²) in [6, 6.07) is 7.70. The molecule has 0 spiro atoms. The highest BCUT2D eigenvalue weighted by Gasteiger charge is 2.33. The van der Waals surface area contributed by atoms with E-state index in [2.05, 4.69) is 28.1 Å². The minimum Gasteiger partial charge on any atom is -0.343 e. The monoisotopic (exact) mass is 358 g/mol. The van der Waals surface area contributed by atoms with Crippen LogP contribution in [0.4, 0.5) is 0 Å². The molecule has 136 valence electrons. The lowest BCUT2D eigenvalue weighted by Crippen LogP contribution is -2.37. The van der Waals surface area contributed by atoms with E-state index in [-0.39, 0.29) is 12.4 Å². The Morgan fingerprint density at radius 2 is 1.76 bits per heavy atom. The molecule has 0 bridgehead atoms. The van der Waals surface area contributed by atoms with Crippen molar-refractivity contribution in [3.8, 4) is 0 Å². The van der Waals surface area contributed by atoms with Crippen molar-refractivity contribution in [2.24, 2.45) is 5.92 Å². The third-order valence-electron chi connectivity index (χ3n) is 6.80.